The molecule has 0 spiro atoms. The number of thiophene rings is 1. The highest BCUT2D eigenvalue weighted by Gasteiger charge is 2.08. The maximum absolute atomic E-state index is 12.0. The van der Waals surface area contributed by atoms with Crippen LogP contribution in [0.2, 0.25) is 0 Å². The highest BCUT2D eigenvalue weighted by Crippen LogP contribution is 2.27. The van der Waals surface area contributed by atoms with Gasteiger partial charge in [-0.15, -0.1) is 0 Å². The number of rotatable bonds is 7. The van der Waals surface area contributed by atoms with E-state index in [0.717, 1.165) is 12.0 Å². The molecule has 20 heavy (non-hydrogen) atoms. The summed E-state index contributed by atoms with van der Waals surface area (Å²) < 4.78 is 10.4. The van der Waals surface area contributed by atoms with Crippen molar-refractivity contribution in [2.24, 2.45) is 0 Å². The summed E-state index contributed by atoms with van der Waals surface area (Å²) in [7, 11) is 3.20. The van der Waals surface area contributed by atoms with Gasteiger partial charge in [0.25, 0.3) is 0 Å². The second-order valence-electron chi connectivity index (χ2n) is 4.54. The number of methoxy groups -OCH3 is 2. The van der Waals surface area contributed by atoms with Crippen LogP contribution >= 0.6 is 11.3 Å². The van der Waals surface area contributed by atoms with Gasteiger partial charge in [0.15, 0.2) is 11.5 Å². The number of ether oxygens (including phenoxy) is 2. The lowest BCUT2D eigenvalue weighted by molar-refractivity contribution is -0.118. The summed E-state index contributed by atoms with van der Waals surface area (Å²) in [5.41, 5.74) is 2.19. The third-order valence-electron chi connectivity index (χ3n) is 3.12. The number of hydrogen-bond donors (Lipinski definition) is 0. The molecule has 0 aliphatic heterocycles. The SMILES string of the molecule is COc1ccc(CC(=O)CCc2ccsc2)cc1OC. The van der Waals surface area contributed by atoms with E-state index >= 15 is 0 Å². The van der Waals surface area contributed by atoms with Crippen LogP contribution in [0.3, 0.4) is 0 Å². The zero-order chi connectivity index (χ0) is 14.4. The van der Waals surface area contributed by atoms with Gasteiger partial charge in [0, 0.05) is 12.8 Å². The van der Waals surface area contributed by atoms with E-state index in [9.17, 15) is 4.79 Å². The molecule has 1 aromatic heterocycles. The van der Waals surface area contributed by atoms with Gasteiger partial charge in [0.05, 0.1) is 14.2 Å². The van der Waals surface area contributed by atoms with E-state index in [0.29, 0.717) is 24.3 Å². The van der Waals surface area contributed by atoms with Crippen molar-refractivity contribution < 1.29 is 14.3 Å². The van der Waals surface area contributed by atoms with Gasteiger partial charge in [-0.1, -0.05) is 6.07 Å². The monoisotopic (exact) mass is 290 g/mol. The molecule has 0 N–H and O–H groups in total. The van der Waals surface area contributed by atoms with Gasteiger partial charge in [-0.25, -0.2) is 0 Å². The minimum absolute atomic E-state index is 0.239. The van der Waals surface area contributed by atoms with Crippen LogP contribution in [-0.2, 0) is 17.6 Å². The van der Waals surface area contributed by atoms with E-state index in [-0.39, 0.29) is 5.78 Å². The summed E-state index contributed by atoms with van der Waals surface area (Å²) in [6, 6.07) is 7.67. The van der Waals surface area contributed by atoms with Gasteiger partial charge in [0.1, 0.15) is 5.78 Å². The summed E-state index contributed by atoms with van der Waals surface area (Å²) in [5, 5.41) is 4.12. The molecule has 2 rings (SSSR count). The summed E-state index contributed by atoms with van der Waals surface area (Å²) in [4.78, 5) is 12.0. The molecule has 0 bridgehead atoms. The van der Waals surface area contributed by atoms with Gasteiger partial charge < -0.3 is 9.47 Å². The molecule has 0 saturated heterocycles. The molecule has 0 atom stereocenters. The van der Waals surface area contributed by atoms with Crippen molar-refractivity contribution in [2.75, 3.05) is 14.2 Å². The van der Waals surface area contributed by atoms with Crippen LogP contribution < -0.4 is 9.47 Å². The van der Waals surface area contributed by atoms with Crippen LogP contribution in [0.15, 0.2) is 35.0 Å². The molecule has 0 aliphatic carbocycles. The number of ketones is 1. The summed E-state index contributed by atoms with van der Waals surface area (Å²) in [6.07, 6.45) is 1.82. The number of Topliss-reactive ketones (excluding diaryl/α,β-unsaturated/α-hetero) is 1. The van der Waals surface area contributed by atoms with Crippen molar-refractivity contribution >= 4 is 17.1 Å². The fraction of sp³-hybridized carbons (Fsp3) is 0.312. The molecule has 0 aliphatic rings. The topological polar surface area (TPSA) is 35.5 Å². The van der Waals surface area contributed by atoms with Crippen LogP contribution in [0.25, 0.3) is 0 Å². The Morgan fingerprint density at radius 2 is 1.90 bits per heavy atom. The number of carbonyl (C=O) groups excluding carboxylic acids is 1. The lowest BCUT2D eigenvalue weighted by Crippen LogP contribution is -2.04. The lowest BCUT2D eigenvalue weighted by Gasteiger charge is -2.09. The predicted molar refractivity (Wildman–Crippen MR) is 80.9 cm³/mol. The molecule has 0 unspecified atom stereocenters. The highest BCUT2D eigenvalue weighted by molar-refractivity contribution is 7.07. The molecule has 0 amide bonds. The van der Waals surface area contributed by atoms with Gasteiger partial charge in [-0.2, -0.15) is 11.3 Å². The molecule has 1 heterocycles. The second-order valence-corrected chi connectivity index (χ2v) is 5.32. The minimum Gasteiger partial charge on any atom is -0.493 e. The summed E-state index contributed by atoms with van der Waals surface area (Å²) in [5.74, 6) is 1.58. The number of aryl methyl sites for hydroxylation is 1. The minimum atomic E-state index is 0.239. The van der Waals surface area contributed by atoms with Crippen molar-refractivity contribution in [2.45, 2.75) is 19.3 Å². The Balaban J connectivity index is 1.93. The molecular weight excluding hydrogens is 272 g/mol. The normalized spacial score (nSPS) is 10.3. The molecule has 0 fully saturated rings. The number of benzene rings is 1. The van der Waals surface area contributed by atoms with Gasteiger partial charge >= 0.3 is 0 Å². The first-order chi connectivity index (χ1) is 9.72. The average molecular weight is 290 g/mol. The zero-order valence-corrected chi connectivity index (χ0v) is 12.5. The first kappa shape index (κ1) is 14.6. The van der Waals surface area contributed by atoms with Crippen molar-refractivity contribution in [3.63, 3.8) is 0 Å². The average Bonchev–Trinajstić information content (AvgIpc) is 2.98. The molecule has 2 aromatic rings. The quantitative estimate of drug-likeness (QED) is 0.783. The van der Waals surface area contributed by atoms with Crippen LogP contribution in [0, 0.1) is 0 Å². The van der Waals surface area contributed by atoms with E-state index in [1.807, 2.05) is 23.6 Å². The lowest BCUT2D eigenvalue weighted by atomic mass is 10.0. The fourth-order valence-electron chi connectivity index (χ4n) is 2.03. The van der Waals surface area contributed by atoms with E-state index in [4.69, 9.17) is 9.47 Å². The van der Waals surface area contributed by atoms with Gasteiger partial charge in [-0.3, -0.25) is 4.79 Å². The number of carbonyl (C=O) groups is 1. The van der Waals surface area contributed by atoms with E-state index in [1.165, 1.54) is 5.56 Å². The number of hydrogen-bond acceptors (Lipinski definition) is 4. The fourth-order valence-corrected chi connectivity index (χ4v) is 2.73. The molecule has 4 heteroatoms. The third kappa shape index (κ3) is 3.84. The van der Waals surface area contributed by atoms with Crippen LogP contribution in [0.5, 0.6) is 11.5 Å². The molecule has 0 saturated carbocycles. The van der Waals surface area contributed by atoms with Crippen molar-refractivity contribution in [3.8, 4) is 11.5 Å². The Morgan fingerprint density at radius 1 is 1.10 bits per heavy atom. The first-order valence-electron chi connectivity index (χ1n) is 6.46. The predicted octanol–water partition coefficient (Wildman–Crippen LogP) is 3.51. The van der Waals surface area contributed by atoms with Gasteiger partial charge in [-0.05, 0) is 46.5 Å². The maximum Gasteiger partial charge on any atom is 0.161 e. The molecule has 0 radical (unpaired) electrons. The third-order valence-corrected chi connectivity index (χ3v) is 3.85. The molecule has 1 aromatic carbocycles. The summed E-state index contributed by atoms with van der Waals surface area (Å²) in [6.45, 7) is 0. The van der Waals surface area contributed by atoms with Crippen LogP contribution in [0.1, 0.15) is 17.5 Å². The highest BCUT2D eigenvalue weighted by atomic mass is 32.1. The zero-order valence-electron chi connectivity index (χ0n) is 11.7. The Hall–Kier alpha value is -1.81. The van der Waals surface area contributed by atoms with Crippen LogP contribution in [0.4, 0.5) is 0 Å². The smallest absolute Gasteiger partial charge is 0.161 e. The van der Waals surface area contributed by atoms with E-state index < -0.39 is 0 Å². The molecular formula is C16H18O3S. The largest absolute Gasteiger partial charge is 0.493 e. The van der Waals surface area contributed by atoms with E-state index in [1.54, 1.807) is 25.6 Å². The first-order valence-corrected chi connectivity index (χ1v) is 7.41. The Morgan fingerprint density at radius 3 is 2.55 bits per heavy atom. The Labute approximate surface area is 123 Å². The summed E-state index contributed by atoms with van der Waals surface area (Å²) >= 11 is 1.66. The van der Waals surface area contributed by atoms with E-state index in [2.05, 4.69) is 11.4 Å². The Kier molecular flexibility index (Phi) is 5.18. The van der Waals surface area contributed by atoms with Crippen molar-refractivity contribution in [3.05, 3.63) is 46.2 Å². The molecule has 3 nitrogen and oxygen atoms in total. The standard InChI is InChI=1S/C16H18O3S/c1-18-15-6-4-13(10-16(15)19-2)9-14(17)5-3-12-7-8-20-11-12/h4,6-8,10-11H,3,5,9H2,1-2H3. The van der Waals surface area contributed by atoms with Crippen molar-refractivity contribution in [1.82, 2.24) is 0 Å². The molecule has 106 valence electrons. The van der Waals surface area contributed by atoms with Gasteiger partial charge in [0.2, 0.25) is 0 Å². The second kappa shape index (κ2) is 7.10. The van der Waals surface area contributed by atoms with Crippen molar-refractivity contribution in [1.29, 1.82) is 0 Å². The maximum atomic E-state index is 12.0. The van der Waals surface area contributed by atoms with Crippen LogP contribution in [-0.4, -0.2) is 20.0 Å². The Bertz CT molecular complexity index is 561.